The maximum absolute atomic E-state index is 2.75. The Morgan fingerprint density at radius 1 is 0.947 bits per heavy atom. The topological polar surface area (TPSA) is 9.72 Å². The number of rotatable bonds is 1. The molecule has 3 atom stereocenters. The average Bonchev–Trinajstić information content (AvgIpc) is 2.31. The molecule has 0 aromatic heterocycles. The molecule has 0 aromatic carbocycles. The number of likely N-dealkylation sites (N-methyl/N-ethyl adjacent to an activating group) is 1. The van der Waals surface area contributed by atoms with Gasteiger partial charge in [0.05, 0.1) is 0 Å². The van der Waals surface area contributed by atoms with Crippen molar-refractivity contribution in [3.05, 3.63) is 0 Å². The van der Waals surface area contributed by atoms with Gasteiger partial charge in [-0.05, 0) is 47.1 Å². The third-order valence-corrected chi connectivity index (χ3v) is 5.12. The van der Waals surface area contributed by atoms with Crippen molar-refractivity contribution >= 4 is 0 Å². The SMILES string of the molecule is C[C@@H]1CN(C(C)(C)C)[C@H](C)CC1N1CCN(C)CC1. The van der Waals surface area contributed by atoms with Gasteiger partial charge in [-0.25, -0.2) is 0 Å². The zero-order valence-corrected chi connectivity index (χ0v) is 13.8. The summed E-state index contributed by atoms with van der Waals surface area (Å²) in [5, 5.41) is 0. The van der Waals surface area contributed by atoms with Crippen molar-refractivity contribution in [3.63, 3.8) is 0 Å². The lowest BCUT2D eigenvalue weighted by molar-refractivity contribution is -0.0250. The van der Waals surface area contributed by atoms with Crippen molar-refractivity contribution in [2.75, 3.05) is 39.8 Å². The van der Waals surface area contributed by atoms with Crippen LogP contribution in [0.2, 0.25) is 0 Å². The van der Waals surface area contributed by atoms with E-state index in [0.717, 1.165) is 12.0 Å². The fourth-order valence-electron chi connectivity index (χ4n) is 3.92. The van der Waals surface area contributed by atoms with Crippen molar-refractivity contribution in [2.45, 2.75) is 58.7 Å². The first-order valence-electron chi connectivity index (χ1n) is 7.98. The van der Waals surface area contributed by atoms with E-state index in [1.165, 1.54) is 39.1 Å². The van der Waals surface area contributed by atoms with Gasteiger partial charge >= 0.3 is 0 Å². The Kier molecular flexibility index (Phi) is 4.59. The van der Waals surface area contributed by atoms with E-state index in [0.29, 0.717) is 11.6 Å². The average molecular weight is 267 g/mol. The van der Waals surface area contributed by atoms with E-state index in [-0.39, 0.29) is 0 Å². The summed E-state index contributed by atoms with van der Waals surface area (Å²) in [6, 6.07) is 1.50. The Labute approximate surface area is 119 Å². The van der Waals surface area contributed by atoms with Crippen LogP contribution >= 0.6 is 0 Å². The minimum atomic E-state index is 0.306. The molecule has 3 heteroatoms. The minimum Gasteiger partial charge on any atom is -0.304 e. The highest BCUT2D eigenvalue weighted by Gasteiger charge is 2.38. The number of likely N-dealkylation sites (tertiary alicyclic amines) is 1. The van der Waals surface area contributed by atoms with Gasteiger partial charge in [0, 0.05) is 50.3 Å². The standard InChI is InChI=1S/C16H33N3/c1-13-12-19(16(3,4)5)14(2)11-15(13)18-9-7-17(6)8-10-18/h13-15H,7-12H2,1-6H3/t13-,14-,15?/m1/s1. The molecular formula is C16H33N3. The quantitative estimate of drug-likeness (QED) is 0.720. The lowest BCUT2D eigenvalue weighted by Gasteiger charge is -2.52. The van der Waals surface area contributed by atoms with E-state index >= 15 is 0 Å². The van der Waals surface area contributed by atoms with E-state index in [4.69, 9.17) is 0 Å². The van der Waals surface area contributed by atoms with Crippen LogP contribution < -0.4 is 0 Å². The summed E-state index contributed by atoms with van der Waals surface area (Å²) in [6.07, 6.45) is 1.34. The van der Waals surface area contributed by atoms with Gasteiger partial charge in [-0.15, -0.1) is 0 Å². The number of piperidine rings is 1. The molecule has 0 N–H and O–H groups in total. The molecule has 19 heavy (non-hydrogen) atoms. The molecule has 112 valence electrons. The van der Waals surface area contributed by atoms with E-state index in [1.54, 1.807) is 0 Å². The van der Waals surface area contributed by atoms with Crippen LogP contribution in [0.5, 0.6) is 0 Å². The molecule has 0 aromatic rings. The summed E-state index contributed by atoms with van der Waals surface area (Å²) < 4.78 is 0. The van der Waals surface area contributed by atoms with Gasteiger partial charge in [0.25, 0.3) is 0 Å². The second kappa shape index (κ2) is 5.71. The van der Waals surface area contributed by atoms with Crippen LogP contribution in [-0.2, 0) is 0 Å². The molecule has 0 amide bonds. The smallest absolute Gasteiger partial charge is 0.0149 e. The molecule has 0 spiro atoms. The van der Waals surface area contributed by atoms with E-state index in [1.807, 2.05) is 0 Å². The lowest BCUT2D eigenvalue weighted by atomic mass is 9.85. The normalized spacial score (nSPS) is 36.6. The van der Waals surface area contributed by atoms with Crippen molar-refractivity contribution in [1.29, 1.82) is 0 Å². The molecule has 0 aliphatic carbocycles. The van der Waals surface area contributed by atoms with Gasteiger partial charge in [0.1, 0.15) is 0 Å². The highest BCUT2D eigenvalue weighted by molar-refractivity contribution is 4.94. The highest BCUT2D eigenvalue weighted by Crippen LogP contribution is 2.31. The fraction of sp³-hybridized carbons (Fsp3) is 1.00. The minimum absolute atomic E-state index is 0.306. The molecule has 2 aliphatic rings. The van der Waals surface area contributed by atoms with E-state index in [9.17, 15) is 0 Å². The van der Waals surface area contributed by atoms with Crippen molar-refractivity contribution < 1.29 is 0 Å². The fourth-order valence-corrected chi connectivity index (χ4v) is 3.92. The lowest BCUT2D eigenvalue weighted by Crippen LogP contribution is -2.60. The molecule has 3 nitrogen and oxygen atoms in total. The summed E-state index contributed by atoms with van der Waals surface area (Å²) in [5.41, 5.74) is 0.306. The summed E-state index contributed by atoms with van der Waals surface area (Å²) in [6.45, 7) is 18.2. The van der Waals surface area contributed by atoms with Crippen LogP contribution in [0.1, 0.15) is 41.0 Å². The highest BCUT2D eigenvalue weighted by atomic mass is 15.3. The van der Waals surface area contributed by atoms with Gasteiger partial charge in [-0.2, -0.15) is 0 Å². The summed E-state index contributed by atoms with van der Waals surface area (Å²) in [4.78, 5) is 7.90. The number of hydrogen-bond donors (Lipinski definition) is 0. The van der Waals surface area contributed by atoms with E-state index in [2.05, 4.69) is 56.4 Å². The molecule has 2 aliphatic heterocycles. The monoisotopic (exact) mass is 267 g/mol. The predicted octanol–water partition coefficient (Wildman–Crippen LogP) is 2.13. The van der Waals surface area contributed by atoms with Crippen LogP contribution in [0.4, 0.5) is 0 Å². The zero-order valence-electron chi connectivity index (χ0n) is 13.8. The van der Waals surface area contributed by atoms with Crippen molar-refractivity contribution in [3.8, 4) is 0 Å². The first kappa shape index (κ1) is 15.3. The second-order valence-corrected chi connectivity index (χ2v) is 7.79. The Morgan fingerprint density at radius 2 is 1.53 bits per heavy atom. The molecule has 2 rings (SSSR count). The predicted molar refractivity (Wildman–Crippen MR) is 82.6 cm³/mol. The van der Waals surface area contributed by atoms with Crippen LogP contribution in [0, 0.1) is 5.92 Å². The molecule has 0 bridgehead atoms. The first-order valence-corrected chi connectivity index (χ1v) is 7.98. The van der Waals surface area contributed by atoms with Crippen LogP contribution in [0.15, 0.2) is 0 Å². The first-order chi connectivity index (χ1) is 8.79. The Balaban J connectivity index is 1.98. The number of hydrogen-bond acceptors (Lipinski definition) is 3. The molecule has 0 radical (unpaired) electrons. The maximum atomic E-state index is 2.75. The van der Waals surface area contributed by atoms with E-state index < -0.39 is 0 Å². The molecule has 1 unspecified atom stereocenters. The largest absolute Gasteiger partial charge is 0.304 e. The Bertz CT molecular complexity index is 289. The second-order valence-electron chi connectivity index (χ2n) is 7.79. The molecule has 2 saturated heterocycles. The number of piperazine rings is 1. The maximum Gasteiger partial charge on any atom is 0.0149 e. The summed E-state index contributed by atoms with van der Waals surface area (Å²) in [5.74, 6) is 0.791. The summed E-state index contributed by atoms with van der Waals surface area (Å²) in [7, 11) is 2.24. The van der Waals surface area contributed by atoms with Gasteiger partial charge < -0.3 is 4.90 Å². The van der Waals surface area contributed by atoms with Gasteiger partial charge in [-0.1, -0.05) is 6.92 Å². The zero-order chi connectivity index (χ0) is 14.2. The molecule has 2 heterocycles. The van der Waals surface area contributed by atoms with Gasteiger partial charge in [0.15, 0.2) is 0 Å². The molecule has 2 fully saturated rings. The summed E-state index contributed by atoms with van der Waals surface area (Å²) >= 11 is 0. The van der Waals surface area contributed by atoms with Crippen LogP contribution in [0.25, 0.3) is 0 Å². The van der Waals surface area contributed by atoms with Crippen molar-refractivity contribution in [1.82, 2.24) is 14.7 Å². The third kappa shape index (κ3) is 3.50. The molecular weight excluding hydrogens is 234 g/mol. The van der Waals surface area contributed by atoms with Gasteiger partial charge in [0.2, 0.25) is 0 Å². The third-order valence-electron chi connectivity index (χ3n) is 5.12. The van der Waals surface area contributed by atoms with Crippen molar-refractivity contribution in [2.24, 2.45) is 5.92 Å². The number of nitrogens with zero attached hydrogens (tertiary/aromatic N) is 3. The Morgan fingerprint density at radius 3 is 2.05 bits per heavy atom. The van der Waals surface area contributed by atoms with Crippen LogP contribution in [0.3, 0.4) is 0 Å². The Hall–Kier alpha value is -0.120. The van der Waals surface area contributed by atoms with Crippen LogP contribution in [-0.4, -0.2) is 72.1 Å². The molecule has 0 saturated carbocycles. The van der Waals surface area contributed by atoms with Gasteiger partial charge in [-0.3, -0.25) is 9.80 Å².